The van der Waals surface area contributed by atoms with Gasteiger partial charge in [-0.15, -0.1) is 0 Å². The van der Waals surface area contributed by atoms with Gasteiger partial charge in [0.1, 0.15) is 0 Å². The Balaban J connectivity index is 2.25. The molecule has 4 atom stereocenters. The molecule has 2 heteroatoms. The number of hydrogen-bond acceptors (Lipinski definition) is 1. The van der Waals surface area contributed by atoms with Crippen LogP contribution in [-0.4, -0.2) is 11.1 Å². The number of hydrogen-bond donors (Lipinski definition) is 1. The summed E-state index contributed by atoms with van der Waals surface area (Å²) >= 11 is 0. The van der Waals surface area contributed by atoms with E-state index < -0.39 is 5.97 Å². The summed E-state index contributed by atoms with van der Waals surface area (Å²) in [5.41, 5.74) is 0. The fourth-order valence-corrected chi connectivity index (χ4v) is 3.12. The highest BCUT2D eigenvalue weighted by Crippen LogP contribution is 2.50. The third kappa shape index (κ3) is 1.19. The van der Waals surface area contributed by atoms with Gasteiger partial charge in [0.25, 0.3) is 0 Å². The van der Waals surface area contributed by atoms with Gasteiger partial charge < -0.3 is 5.11 Å². The maximum atomic E-state index is 11.1. The lowest BCUT2D eigenvalue weighted by Gasteiger charge is -2.27. The molecule has 1 N–H and O–H groups in total. The van der Waals surface area contributed by atoms with E-state index in [1.165, 1.54) is 0 Å². The zero-order valence-corrected chi connectivity index (χ0v) is 8.10. The molecule has 0 amide bonds. The maximum absolute atomic E-state index is 11.1. The van der Waals surface area contributed by atoms with Gasteiger partial charge in [-0.1, -0.05) is 26.0 Å². The van der Waals surface area contributed by atoms with Crippen LogP contribution in [0, 0.1) is 29.6 Å². The molecular weight excluding hydrogens is 164 g/mol. The number of fused-ring (bicyclic) bond motifs is 2. The maximum Gasteiger partial charge on any atom is 0.307 e. The predicted molar refractivity (Wildman–Crippen MR) is 50.2 cm³/mol. The van der Waals surface area contributed by atoms with Gasteiger partial charge in [-0.2, -0.15) is 0 Å². The molecule has 0 saturated heterocycles. The van der Waals surface area contributed by atoms with Crippen LogP contribution < -0.4 is 0 Å². The summed E-state index contributed by atoms with van der Waals surface area (Å²) in [5.74, 6) is 0.986. The number of carboxylic acids is 1. The van der Waals surface area contributed by atoms with Crippen molar-refractivity contribution in [1.29, 1.82) is 0 Å². The second-order valence-electron chi connectivity index (χ2n) is 4.63. The number of carbonyl (C=O) groups is 1. The van der Waals surface area contributed by atoms with Crippen molar-refractivity contribution in [1.82, 2.24) is 0 Å². The second-order valence-corrected chi connectivity index (χ2v) is 4.63. The number of aliphatic carboxylic acids is 1. The molecule has 0 heterocycles. The minimum atomic E-state index is -0.601. The average Bonchev–Trinajstić information content (AvgIpc) is 2.60. The van der Waals surface area contributed by atoms with Gasteiger partial charge in [-0.25, -0.2) is 0 Å². The van der Waals surface area contributed by atoms with Gasteiger partial charge in [-0.05, 0) is 30.1 Å². The van der Waals surface area contributed by atoms with E-state index in [0.29, 0.717) is 23.7 Å². The van der Waals surface area contributed by atoms with Crippen LogP contribution in [0.2, 0.25) is 0 Å². The smallest absolute Gasteiger partial charge is 0.307 e. The molecule has 0 spiro atoms. The van der Waals surface area contributed by atoms with Crippen molar-refractivity contribution < 1.29 is 9.90 Å². The first kappa shape index (κ1) is 8.79. The van der Waals surface area contributed by atoms with Crippen LogP contribution in [0.15, 0.2) is 12.2 Å². The van der Waals surface area contributed by atoms with Crippen molar-refractivity contribution in [3.8, 4) is 0 Å². The molecule has 2 bridgehead atoms. The summed E-state index contributed by atoms with van der Waals surface area (Å²) in [6, 6.07) is 0. The number of carboxylic acid groups (broad SMARTS) is 1. The van der Waals surface area contributed by atoms with E-state index in [2.05, 4.69) is 26.0 Å². The molecular formula is C11H16O2. The molecule has 0 radical (unpaired) electrons. The molecule has 2 nitrogen and oxygen atoms in total. The van der Waals surface area contributed by atoms with Crippen molar-refractivity contribution in [3.63, 3.8) is 0 Å². The molecule has 0 aromatic carbocycles. The molecule has 0 aliphatic heterocycles. The first-order chi connectivity index (χ1) is 6.11. The summed E-state index contributed by atoms with van der Waals surface area (Å²) in [4.78, 5) is 11.1. The van der Waals surface area contributed by atoms with Crippen LogP contribution in [0.4, 0.5) is 0 Å². The van der Waals surface area contributed by atoms with Gasteiger partial charge in [0.05, 0.1) is 5.92 Å². The monoisotopic (exact) mass is 180 g/mol. The van der Waals surface area contributed by atoms with Crippen molar-refractivity contribution >= 4 is 5.97 Å². The van der Waals surface area contributed by atoms with Gasteiger partial charge in [0.15, 0.2) is 0 Å². The fourth-order valence-electron chi connectivity index (χ4n) is 3.12. The van der Waals surface area contributed by atoms with E-state index in [1.807, 2.05) is 0 Å². The molecule has 2 rings (SSSR count). The molecule has 13 heavy (non-hydrogen) atoms. The molecule has 0 unspecified atom stereocenters. The second kappa shape index (κ2) is 2.86. The van der Waals surface area contributed by atoms with E-state index >= 15 is 0 Å². The lowest BCUT2D eigenvalue weighted by Crippen LogP contribution is -2.30. The van der Waals surface area contributed by atoms with Crippen molar-refractivity contribution in [2.45, 2.75) is 20.3 Å². The molecule has 2 aliphatic carbocycles. The minimum Gasteiger partial charge on any atom is -0.481 e. The highest BCUT2D eigenvalue weighted by molar-refractivity contribution is 5.72. The number of allylic oxidation sites excluding steroid dienone is 2. The summed E-state index contributed by atoms with van der Waals surface area (Å²) < 4.78 is 0. The van der Waals surface area contributed by atoms with E-state index in [4.69, 9.17) is 5.11 Å². The van der Waals surface area contributed by atoms with Crippen LogP contribution in [0.25, 0.3) is 0 Å². The van der Waals surface area contributed by atoms with Crippen molar-refractivity contribution in [3.05, 3.63) is 12.2 Å². The predicted octanol–water partition coefficient (Wildman–Crippen LogP) is 2.17. The zero-order valence-electron chi connectivity index (χ0n) is 8.10. The molecule has 72 valence electrons. The molecule has 0 aromatic rings. The molecule has 2 aliphatic rings. The number of rotatable bonds is 2. The van der Waals surface area contributed by atoms with E-state index in [9.17, 15) is 4.79 Å². The Morgan fingerprint density at radius 2 is 2.00 bits per heavy atom. The lowest BCUT2D eigenvalue weighted by molar-refractivity contribution is -0.144. The molecule has 0 aromatic heterocycles. The van der Waals surface area contributed by atoms with Gasteiger partial charge in [-0.3, -0.25) is 4.79 Å². The van der Waals surface area contributed by atoms with Crippen LogP contribution >= 0.6 is 0 Å². The van der Waals surface area contributed by atoms with E-state index in [-0.39, 0.29) is 5.92 Å². The molecule has 1 saturated carbocycles. The third-order valence-electron chi connectivity index (χ3n) is 3.58. The Hall–Kier alpha value is -0.790. The summed E-state index contributed by atoms with van der Waals surface area (Å²) in [6.45, 7) is 4.27. The standard InChI is InChI=1S/C11H16O2/c1-6(2)9-7-3-4-8(5-7)10(9)11(12)13/h3-4,6-10H,5H2,1-2H3,(H,12,13)/t7-,8-,9+,10+/m0/s1. The van der Waals surface area contributed by atoms with Gasteiger partial charge in [0.2, 0.25) is 0 Å². The highest BCUT2D eigenvalue weighted by Gasteiger charge is 2.49. The Kier molecular flexibility index (Phi) is 1.94. The summed E-state index contributed by atoms with van der Waals surface area (Å²) in [6.07, 6.45) is 5.39. The Labute approximate surface area is 78.6 Å². The van der Waals surface area contributed by atoms with Crippen LogP contribution in [0.5, 0.6) is 0 Å². The highest BCUT2D eigenvalue weighted by atomic mass is 16.4. The Bertz CT molecular complexity index is 255. The topological polar surface area (TPSA) is 37.3 Å². The largest absolute Gasteiger partial charge is 0.481 e. The van der Waals surface area contributed by atoms with E-state index in [1.54, 1.807) is 0 Å². The summed E-state index contributed by atoms with van der Waals surface area (Å²) in [7, 11) is 0. The van der Waals surface area contributed by atoms with Crippen LogP contribution in [0.3, 0.4) is 0 Å². The quantitative estimate of drug-likeness (QED) is 0.661. The first-order valence-electron chi connectivity index (χ1n) is 5.02. The van der Waals surface area contributed by atoms with Crippen molar-refractivity contribution in [2.75, 3.05) is 0 Å². The summed E-state index contributed by atoms with van der Waals surface area (Å²) in [5, 5.41) is 9.12. The molecule has 1 fully saturated rings. The van der Waals surface area contributed by atoms with Crippen LogP contribution in [-0.2, 0) is 4.79 Å². The van der Waals surface area contributed by atoms with Gasteiger partial charge >= 0.3 is 5.97 Å². The van der Waals surface area contributed by atoms with Gasteiger partial charge in [0, 0.05) is 0 Å². The minimum absolute atomic E-state index is 0.116. The normalized spacial score (nSPS) is 41.8. The average molecular weight is 180 g/mol. The zero-order chi connectivity index (χ0) is 9.59. The SMILES string of the molecule is CC(C)[C@H]1[C@H](C(=O)O)[C@H]2C=C[C@H]1C2. The first-order valence-corrected chi connectivity index (χ1v) is 5.02. The van der Waals surface area contributed by atoms with Crippen molar-refractivity contribution in [2.24, 2.45) is 29.6 Å². The third-order valence-corrected chi connectivity index (χ3v) is 3.58. The Morgan fingerprint density at radius 3 is 2.46 bits per heavy atom. The lowest BCUT2D eigenvalue weighted by atomic mass is 9.76. The Morgan fingerprint density at radius 1 is 1.38 bits per heavy atom. The van der Waals surface area contributed by atoms with Crippen LogP contribution in [0.1, 0.15) is 20.3 Å². The fraction of sp³-hybridized carbons (Fsp3) is 0.727. The van der Waals surface area contributed by atoms with E-state index in [0.717, 1.165) is 6.42 Å².